The van der Waals surface area contributed by atoms with Gasteiger partial charge in [0.15, 0.2) is 8.07 Å². The van der Waals surface area contributed by atoms with Crippen LogP contribution in [0.3, 0.4) is 0 Å². The molecular formula is C37H26N2Si. The highest BCUT2D eigenvalue weighted by Gasteiger charge is 2.54. The van der Waals surface area contributed by atoms with Crippen LogP contribution < -0.4 is 20.7 Å². The van der Waals surface area contributed by atoms with Crippen molar-refractivity contribution in [3.63, 3.8) is 0 Å². The zero-order valence-electron chi connectivity index (χ0n) is 22.4. The third kappa shape index (κ3) is 2.61. The summed E-state index contributed by atoms with van der Waals surface area (Å²) < 4.78 is 2.47. The van der Waals surface area contributed by atoms with Crippen molar-refractivity contribution < 1.29 is 0 Å². The van der Waals surface area contributed by atoms with Gasteiger partial charge in [-0.25, -0.2) is 0 Å². The molecule has 188 valence electrons. The van der Waals surface area contributed by atoms with E-state index in [9.17, 15) is 0 Å². The van der Waals surface area contributed by atoms with Gasteiger partial charge < -0.3 is 4.57 Å². The van der Waals surface area contributed by atoms with Crippen molar-refractivity contribution in [3.8, 4) is 28.1 Å². The van der Waals surface area contributed by atoms with Gasteiger partial charge in [-0.05, 0) is 88.2 Å². The molecule has 0 fully saturated rings. The van der Waals surface area contributed by atoms with E-state index in [2.05, 4.69) is 134 Å². The Balaban J connectivity index is 1.42. The zero-order valence-corrected chi connectivity index (χ0v) is 23.4. The smallest absolute Gasteiger partial charge is 0.183 e. The van der Waals surface area contributed by atoms with E-state index in [4.69, 9.17) is 4.98 Å². The van der Waals surface area contributed by atoms with Crippen LogP contribution in [0.15, 0.2) is 121 Å². The maximum atomic E-state index is 5.01. The quantitative estimate of drug-likeness (QED) is 0.235. The molecule has 0 saturated heterocycles. The van der Waals surface area contributed by atoms with Gasteiger partial charge in [0.2, 0.25) is 0 Å². The van der Waals surface area contributed by atoms with E-state index in [1.807, 2.05) is 6.20 Å². The number of hydrogen-bond acceptors (Lipinski definition) is 1. The lowest BCUT2D eigenvalue weighted by molar-refractivity contribution is 1.18. The second-order valence-corrected chi connectivity index (χ2v) is 15.0. The van der Waals surface area contributed by atoms with Crippen LogP contribution in [-0.2, 0) is 0 Å². The molecule has 3 heteroatoms. The first-order valence-electron chi connectivity index (χ1n) is 14.0. The molecule has 40 heavy (non-hydrogen) atoms. The molecule has 0 saturated carbocycles. The minimum Gasteiger partial charge on any atom is -0.309 e. The Kier molecular flexibility index (Phi) is 4.25. The Morgan fingerprint density at radius 1 is 0.525 bits per heavy atom. The highest BCUT2D eigenvalue weighted by atomic mass is 28.3. The molecule has 0 unspecified atom stereocenters. The molecule has 5 aromatic carbocycles. The van der Waals surface area contributed by atoms with Crippen molar-refractivity contribution in [1.29, 1.82) is 0 Å². The van der Waals surface area contributed by atoms with Gasteiger partial charge in [-0.1, -0.05) is 83.9 Å². The number of nitrogens with zero attached hydrogens (tertiary/aromatic N) is 2. The van der Waals surface area contributed by atoms with Crippen molar-refractivity contribution in [1.82, 2.24) is 9.55 Å². The maximum Gasteiger partial charge on any atom is 0.183 e. The lowest BCUT2D eigenvalue weighted by Gasteiger charge is -2.27. The van der Waals surface area contributed by atoms with Gasteiger partial charge in [-0.2, -0.15) is 0 Å². The molecule has 2 aromatic heterocycles. The van der Waals surface area contributed by atoms with Crippen LogP contribution in [0, 0.1) is 13.8 Å². The van der Waals surface area contributed by atoms with Gasteiger partial charge in [-0.3, -0.25) is 4.98 Å². The zero-order chi connectivity index (χ0) is 26.6. The van der Waals surface area contributed by atoms with Crippen molar-refractivity contribution >= 4 is 50.6 Å². The number of hydrogen-bond donors (Lipinski definition) is 0. The highest BCUT2D eigenvalue weighted by Crippen LogP contribution is 2.37. The van der Waals surface area contributed by atoms with E-state index >= 15 is 0 Å². The third-order valence-corrected chi connectivity index (χ3v) is 14.1. The van der Waals surface area contributed by atoms with Crippen LogP contribution in [0.5, 0.6) is 0 Å². The van der Waals surface area contributed by atoms with E-state index < -0.39 is 8.07 Å². The summed E-state index contributed by atoms with van der Waals surface area (Å²) in [4.78, 5) is 5.01. The van der Waals surface area contributed by atoms with E-state index in [-0.39, 0.29) is 0 Å². The monoisotopic (exact) mass is 526 g/mol. The average Bonchev–Trinajstić information content (AvgIpc) is 3.58. The number of benzene rings is 5. The first kappa shape index (κ1) is 22.1. The van der Waals surface area contributed by atoms with Crippen LogP contribution in [0.4, 0.5) is 0 Å². The number of rotatable bonds is 1. The molecule has 0 radical (unpaired) electrons. The van der Waals surface area contributed by atoms with Gasteiger partial charge in [0.25, 0.3) is 0 Å². The molecule has 0 amide bonds. The Bertz CT molecular complexity index is 2080. The van der Waals surface area contributed by atoms with Crippen LogP contribution in [0.2, 0.25) is 0 Å². The first-order chi connectivity index (χ1) is 19.7. The Labute approximate surface area is 234 Å². The molecule has 9 rings (SSSR count). The molecule has 0 atom stereocenters. The van der Waals surface area contributed by atoms with Crippen LogP contribution in [0.1, 0.15) is 11.1 Å². The lowest BCUT2D eigenvalue weighted by Crippen LogP contribution is -2.70. The summed E-state index contributed by atoms with van der Waals surface area (Å²) in [6.45, 7) is 4.37. The van der Waals surface area contributed by atoms with E-state index in [1.165, 1.54) is 76.1 Å². The van der Waals surface area contributed by atoms with E-state index in [0.717, 1.165) is 5.69 Å². The predicted molar refractivity (Wildman–Crippen MR) is 170 cm³/mol. The van der Waals surface area contributed by atoms with Gasteiger partial charge >= 0.3 is 0 Å². The standard InChI is InChI=1S/C37H26N2Si/c1-23-13-17-31-29(20-23)30-21-24(2)14-18-32(30)39(31)25-15-16-28-36(22-25)40(35-12-7-19-38-37(28)35)33-10-5-3-8-26(33)27-9-4-6-11-34(27)40/h3-22H,1-2H3. The van der Waals surface area contributed by atoms with Crippen LogP contribution in [0.25, 0.3) is 49.9 Å². The minimum absolute atomic E-state index is 1.15. The molecule has 0 N–H and O–H groups in total. The summed E-state index contributed by atoms with van der Waals surface area (Å²) in [6.07, 6.45) is 1.95. The predicted octanol–water partition coefficient (Wildman–Crippen LogP) is 6.13. The fourth-order valence-corrected chi connectivity index (χ4v) is 13.1. The maximum absolute atomic E-state index is 5.01. The average molecular weight is 527 g/mol. The summed E-state index contributed by atoms with van der Waals surface area (Å²) in [5, 5.41) is 8.45. The lowest BCUT2D eigenvalue weighted by atomic mass is 10.1. The third-order valence-electron chi connectivity index (χ3n) is 9.16. The minimum atomic E-state index is -2.52. The molecule has 0 bridgehead atoms. The fourth-order valence-electron chi connectivity index (χ4n) is 7.60. The molecule has 7 aromatic rings. The summed E-state index contributed by atoms with van der Waals surface area (Å²) in [5.41, 5.74) is 11.5. The molecule has 2 aliphatic heterocycles. The molecule has 0 aliphatic carbocycles. The summed E-state index contributed by atoms with van der Waals surface area (Å²) in [6, 6.07) is 43.5. The number of aromatic nitrogens is 2. The van der Waals surface area contributed by atoms with Crippen molar-refractivity contribution in [2.45, 2.75) is 13.8 Å². The molecular weight excluding hydrogens is 501 g/mol. The van der Waals surface area contributed by atoms with Gasteiger partial charge in [-0.15, -0.1) is 0 Å². The normalized spacial score (nSPS) is 13.9. The number of fused-ring (bicyclic) bond motifs is 13. The Morgan fingerprint density at radius 3 is 1.77 bits per heavy atom. The van der Waals surface area contributed by atoms with E-state index in [1.54, 1.807) is 0 Å². The summed E-state index contributed by atoms with van der Waals surface area (Å²) >= 11 is 0. The molecule has 2 aliphatic rings. The summed E-state index contributed by atoms with van der Waals surface area (Å²) in [7, 11) is -2.52. The Hall–Kier alpha value is -4.73. The first-order valence-corrected chi connectivity index (χ1v) is 16.0. The van der Waals surface area contributed by atoms with E-state index in [0.29, 0.717) is 0 Å². The van der Waals surface area contributed by atoms with Crippen molar-refractivity contribution in [2.75, 3.05) is 0 Å². The second kappa shape index (κ2) is 7.68. The summed E-state index contributed by atoms with van der Waals surface area (Å²) in [5.74, 6) is 0. The van der Waals surface area contributed by atoms with Crippen LogP contribution in [-0.4, -0.2) is 17.6 Å². The second-order valence-electron chi connectivity index (χ2n) is 11.3. The largest absolute Gasteiger partial charge is 0.309 e. The fraction of sp³-hybridized carbons (Fsp3) is 0.0541. The SMILES string of the molecule is Cc1ccc2c(c1)c1cc(C)ccc1n2-c1ccc2c(c1)[Si]1(c3ccccc3-c3ccccc31)c1cccnc1-2. The topological polar surface area (TPSA) is 17.8 Å². The van der Waals surface area contributed by atoms with Crippen LogP contribution >= 0.6 is 0 Å². The molecule has 2 nitrogen and oxygen atoms in total. The number of pyridine rings is 1. The van der Waals surface area contributed by atoms with Gasteiger partial charge in [0.05, 0.1) is 16.7 Å². The Morgan fingerprint density at radius 2 is 1.12 bits per heavy atom. The molecule has 1 spiro atoms. The van der Waals surface area contributed by atoms with Gasteiger partial charge in [0, 0.05) is 28.2 Å². The highest BCUT2D eigenvalue weighted by molar-refractivity contribution is 7.24. The number of aryl methyl sites for hydroxylation is 2. The van der Waals surface area contributed by atoms with Crippen molar-refractivity contribution in [2.24, 2.45) is 0 Å². The van der Waals surface area contributed by atoms with Gasteiger partial charge in [0.1, 0.15) is 0 Å². The van der Waals surface area contributed by atoms with Crippen molar-refractivity contribution in [3.05, 3.63) is 133 Å². The molecule has 4 heterocycles.